The van der Waals surface area contributed by atoms with E-state index in [1.807, 2.05) is 17.8 Å². The van der Waals surface area contributed by atoms with Gasteiger partial charge in [-0.05, 0) is 68.6 Å². The zero-order valence-electron chi connectivity index (χ0n) is 18.7. The molecule has 8 heteroatoms. The third-order valence-corrected chi connectivity index (χ3v) is 7.55. The van der Waals surface area contributed by atoms with Crippen LogP contribution in [0.2, 0.25) is 0 Å². The van der Waals surface area contributed by atoms with Crippen LogP contribution in [0.15, 0.2) is 24.5 Å². The molecule has 2 aliphatic carbocycles. The van der Waals surface area contributed by atoms with Crippen molar-refractivity contribution in [2.24, 2.45) is 5.41 Å². The Labute approximate surface area is 187 Å². The highest BCUT2D eigenvalue weighted by Gasteiger charge is 2.47. The summed E-state index contributed by atoms with van der Waals surface area (Å²) in [6.07, 6.45) is 9.33. The Hall–Kier alpha value is -3.16. The topological polar surface area (TPSA) is 91.7 Å². The van der Waals surface area contributed by atoms with Crippen LogP contribution in [-0.2, 0) is 13.0 Å². The zero-order chi connectivity index (χ0) is 21.9. The molecule has 0 radical (unpaired) electrons. The predicted octanol–water partition coefficient (Wildman–Crippen LogP) is 3.07. The van der Waals surface area contributed by atoms with Crippen molar-refractivity contribution in [1.82, 2.24) is 30.3 Å². The summed E-state index contributed by atoms with van der Waals surface area (Å²) in [6, 6.07) is 4.24. The highest BCUT2D eigenvalue weighted by Crippen LogP contribution is 2.53. The average molecular weight is 432 g/mol. The molecular weight excluding hydrogens is 402 g/mol. The second-order valence-electron chi connectivity index (χ2n) is 9.79. The van der Waals surface area contributed by atoms with Crippen molar-refractivity contribution in [3.05, 3.63) is 58.3 Å². The Balaban J connectivity index is 1.11. The van der Waals surface area contributed by atoms with Gasteiger partial charge in [0.2, 0.25) is 0 Å². The van der Waals surface area contributed by atoms with Gasteiger partial charge in [0.25, 0.3) is 5.91 Å². The van der Waals surface area contributed by atoms with Gasteiger partial charge in [0.05, 0.1) is 30.0 Å². The number of nitrogens with zero attached hydrogens (tertiary/aromatic N) is 5. The van der Waals surface area contributed by atoms with Gasteiger partial charge in [-0.15, -0.1) is 0 Å². The number of aromatic amines is 1. The van der Waals surface area contributed by atoms with Gasteiger partial charge < -0.3 is 10.2 Å². The number of fused-ring (bicyclic) bond motifs is 1. The summed E-state index contributed by atoms with van der Waals surface area (Å²) in [4.78, 5) is 20.1. The molecule has 0 aromatic carbocycles. The summed E-state index contributed by atoms with van der Waals surface area (Å²) in [6.45, 7) is 6.95. The smallest absolute Gasteiger partial charge is 0.255 e. The summed E-state index contributed by atoms with van der Waals surface area (Å²) in [7, 11) is 0. The van der Waals surface area contributed by atoms with Gasteiger partial charge in [-0.3, -0.25) is 14.6 Å². The van der Waals surface area contributed by atoms with Gasteiger partial charge in [0.15, 0.2) is 0 Å². The molecule has 166 valence electrons. The van der Waals surface area contributed by atoms with Gasteiger partial charge in [0, 0.05) is 30.7 Å². The van der Waals surface area contributed by atoms with Crippen molar-refractivity contribution in [2.45, 2.75) is 58.5 Å². The fraction of sp³-hybridized carbons (Fsp3) is 0.500. The standard InChI is InChI=1S/C24H29N7O/c1-15-17(3-6-21(26-15)30-10-9-24(14-30)7-8-24)12-31-13-18(11-25-31)23(32)27-20-5-4-19-16(2)28-29-22(19)20/h3,6,11,13,20H,4-5,7-10,12,14H2,1-2H3,(H,27,32)(H,28,29). The maximum atomic E-state index is 12.8. The minimum absolute atomic E-state index is 0.0369. The molecule has 1 aliphatic heterocycles. The molecule has 3 aliphatic rings. The molecule has 1 saturated heterocycles. The first-order chi connectivity index (χ1) is 15.5. The van der Waals surface area contributed by atoms with Gasteiger partial charge >= 0.3 is 0 Å². The average Bonchev–Trinajstić information content (AvgIpc) is 3.20. The van der Waals surface area contributed by atoms with E-state index in [0.29, 0.717) is 17.5 Å². The molecule has 2 N–H and O–H groups in total. The summed E-state index contributed by atoms with van der Waals surface area (Å²) in [5.41, 5.74) is 6.60. The number of hydrogen-bond acceptors (Lipinski definition) is 5. The van der Waals surface area contributed by atoms with Crippen LogP contribution < -0.4 is 10.2 Å². The maximum Gasteiger partial charge on any atom is 0.255 e. The molecule has 3 aromatic heterocycles. The number of carbonyl (C=O) groups is 1. The lowest BCUT2D eigenvalue weighted by molar-refractivity contribution is 0.0936. The van der Waals surface area contributed by atoms with E-state index in [4.69, 9.17) is 4.98 Å². The summed E-state index contributed by atoms with van der Waals surface area (Å²) in [5.74, 6) is 0.975. The third-order valence-electron chi connectivity index (χ3n) is 7.55. The molecular formula is C24H29N7O. The van der Waals surface area contributed by atoms with Crippen molar-refractivity contribution in [1.29, 1.82) is 0 Å². The number of aryl methyl sites for hydroxylation is 2. The molecule has 0 bridgehead atoms. The molecule has 1 saturated carbocycles. The van der Waals surface area contributed by atoms with Crippen molar-refractivity contribution in [2.75, 3.05) is 18.0 Å². The van der Waals surface area contributed by atoms with Crippen LogP contribution in [-0.4, -0.2) is 44.0 Å². The maximum absolute atomic E-state index is 12.8. The third kappa shape index (κ3) is 3.38. The Morgan fingerprint density at radius 1 is 1.28 bits per heavy atom. The molecule has 1 amide bonds. The van der Waals surface area contributed by atoms with E-state index in [1.54, 1.807) is 6.20 Å². The lowest BCUT2D eigenvalue weighted by atomic mass is 10.1. The first-order valence-corrected chi connectivity index (χ1v) is 11.6. The number of nitrogens with one attached hydrogen (secondary N) is 2. The SMILES string of the molecule is Cc1nc(N2CCC3(CC3)C2)ccc1Cn1cc(C(=O)NC2CCc3c2n[nH]c3C)cn1. The van der Waals surface area contributed by atoms with E-state index in [1.165, 1.54) is 24.8 Å². The van der Waals surface area contributed by atoms with Gasteiger partial charge in [0.1, 0.15) is 5.82 Å². The van der Waals surface area contributed by atoms with E-state index in [2.05, 4.69) is 44.6 Å². The minimum Gasteiger partial charge on any atom is -0.356 e. The Morgan fingerprint density at radius 2 is 2.16 bits per heavy atom. The van der Waals surface area contributed by atoms with Crippen molar-refractivity contribution >= 4 is 11.7 Å². The van der Waals surface area contributed by atoms with Gasteiger partial charge in [-0.2, -0.15) is 10.2 Å². The van der Waals surface area contributed by atoms with Crippen LogP contribution in [0.25, 0.3) is 0 Å². The highest BCUT2D eigenvalue weighted by molar-refractivity contribution is 5.94. The normalized spacial score (nSPS) is 20.7. The summed E-state index contributed by atoms with van der Waals surface area (Å²) < 4.78 is 1.81. The Kier molecular flexibility index (Phi) is 4.38. The van der Waals surface area contributed by atoms with E-state index >= 15 is 0 Å². The first-order valence-electron chi connectivity index (χ1n) is 11.6. The fourth-order valence-corrected chi connectivity index (χ4v) is 5.26. The van der Waals surface area contributed by atoms with Gasteiger partial charge in [-0.1, -0.05) is 6.07 Å². The van der Waals surface area contributed by atoms with Crippen LogP contribution in [0.3, 0.4) is 0 Å². The quantitative estimate of drug-likeness (QED) is 0.648. The van der Waals surface area contributed by atoms with Crippen LogP contribution in [0.1, 0.15) is 70.3 Å². The minimum atomic E-state index is -0.108. The number of H-pyrrole nitrogens is 1. The highest BCUT2D eigenvalue weighted by atomic mass is 16.1. The lowest BCUT2D eigenvalue weighted by Gasteiger charge is -2.19. The van der Waals surface area contributed by atoms with E-state index in [0.717, 1.165) is 54.4 Å². The molecule has 1 unspecified atom stereocenters. The van der Waals surface area contributed by atoms with E-state index in [9.17, 15) is 4.79 Å². The summed E-state index contributed by atoms with van der Waals surface area (Å²) in [5, 5.41) is 14.9. The zero-order valence-corrected chi connectivity index (χ0v) is 18.7. The Bertz CT molecular complexity index is 1190. The Morgan fingerprint density at radius 3 is 2.94 bits per heavy atom. The monoisotopic (exact) mass is 431 g/mol. The van der Waals surface area contributed by atoms with Crippen molar-refractivity contribution < 1.29 is 4.79 Å². The fourth-order valence-electron chi connectivity index (χ4n) is 5.26. The van der Waals surface area contributed by atoms with Crippen molar-refractivity contribution in [3.8, 4) is 0 Å². The number of rotatable bonds is 5. The molecule has 2 fully saturated rings. The predicted molar refractivity (Wildman–Crippen MR) is 121 cm³/mol. The van der Waals surface area contributed by atoms with Crippen LogP contribution >= 0.6 is 0 Å². The van der Waals surface area contributed by atoms with Crippen LogP contribution in [0, 0.1) is 19.3 Å². The van der Waals surface area contributed by atoms with Gasteiger partial charge in [-0.25, -0.2) is 4.98 Å². The van der Waals surface area contributed by atoms with E-state index < -0.39 is 0 Å². The van der Waals surface area contributed by atoms with Crippen molar-refractivity contribution in [3.63, 3.8) is 0 Å². The summed E-state index contributed by atoms with van der Waals surface area (Å²) >= 11 is 0. The molecule has 6 rings (SSSR count). The van der Waals surface area contributed by atoms with Crippen LogP contribution in [0.5, 0.6) is 0 Å². The molecule has 32 heavy (non-hydrogen) atoms. The largest absolute Gasteiger partial charge is 0.356 e. The molecule has 8 nitrogen and oxygen atoms in total. The number of aromatic nitrogens is 5. The van der Waals surface area contributed by atoms with E-state index in [-0.39, 0.29) is 11.9 Å². The second kappa shape index (κ2) is 7.18. The number of amides is 1. The molecule has 1 spiro atoms. The lowest BCUT2D eigenvalue weighted by Crippen LogP contribution is -2.27. The molecule has 3 aromatic rings. The first kappa shape index (κ1) is 19.5. The second-order valence-corrected chi connectivity index (χ2v) is 9.79. The molecule has 1 atom stereocenters. The molecule has 4 heterocycles. The number of carbonyl (C=O) groups excluding carboxylic acids is 1. The number of pyridine rings is 1. The van der Waals surface area contributed by atoms with Crippen LogP contribution in [0.4, 0.5) is 5.82 Å². The number of anilines is 1. The number of hydrogen-bond donors (Lipinski definition) is 2.